The quantitative estimate of drug-likeness (QED) is 0.896. The zero-order valence-electron chi connectivity index (χ0n) is 11.1. The monoisotopic (exact) mass is 261 g/mol. The number of hydrogen-bond donors (Lipinski definition) is 1. The van der Waals surface area contributed by atoms with Crippen LogP contribution in [0.5, 0.6) is 0 Å². The van der Waals surface area contributed by atoms with Crippen molar-refractivity contribution in [1.29, 1.82) is 0 Å². The van der Waals surface area contributed by atoms with Crippen LogP contribution in [0.3, 0.4) is 0 Å². The molecule has 1 N–H and O–H groups in total. The van der Waals surface area contributed by atoms with Crippen LogP contribution in [0.25, 0.3) is 10.6 Å². The molecule has 1 aromatic heterocycles. The summed E-state index contributed by atoms with van der Waals surface area (Å²) < 4.78 is 0. The molecule has 1 atom stereocenters. The molecular weight excluding hydrogens is 242 g/mol. The van der Waals surface area contributed by atoms with Crippen molar-refractivity contribution in [2.24, 2.45) is 0 Å². The molecule has 0 saturated carbocycles. The lowest BCUT2D eigenvalue weighted by Gasteiger charge is -2.08. The summed E-state index contributed by atoms with van der Waals surface area (Å²) in [5.74, 6) is 0. The largest absolute Gasteiger partial charge is 0.311 e. The topological polar surface area (TPSA) is 37.8 Å². The minimum atomic E-state index is 0.311. The molecule has 2 rings (SSSR count). The van der Waals surface area contributed by atoms with Crippen molar-refractivity contribution in [2.45, 2.75) is 32.7 Å². The fourth-order valence-electron chi connectivity index (χ4n) is 1.88. The minimum absolute atomic E-state index is 0.311. The van der Waals surface area contributed by atoms with Crippen molar-refractivity contribution in [3.8, 4) is 10.6 Å². The first-order valence-electron chi connectivity index (χ1n) is 6.38. The molecule has 0 radical (unpaired) electrons. The van der Waals surface area contributed by atoms with Gasteiger partial charge in [0.25, 0.3) is 0 Å². The molecule has 0 fully saturated rings. The van der Waals surface area contributed by atoms with Gasteiger partial charge in [-0.15, -0.1) is 10.2 Å². The van der Waals surface area contributed by atoms with Gasteiger partial charge in [0.1, 0.15) is 10.0 Å². The summed E-state index contributed by atoms with van der Waals surface area (Å²) in [6.07, 6.45) is 2.10. The Morgan fingerprint density at radius 2 is 1.89 bits per heavy atom. The second-order valence-corrected chi connectivity index (χ2v) is 5.25. The Bertz CT molecular complexity index is 486. The second-order valence-electron chi connectivity index (χ2n) is 4.25. The Kier molecular flexibility index (Phi) is 4.44. The Hall–Kier alpha value is -1.26. The van der Waals surface area contributed by atoms with Crippen LogP contribution in [0.15, 0.2) is 24.3 Å². The zero-order valence-corrected chi connectivity index (χ0v) is 11.9. The van der Waals surface area contributed by atoms with E-state index in [9.17, 15) is 0 Å². The van der Waals surface area contributed by atoms with E-state index in [2.05, 4.69) is 53.6 Å². The molecule has 18 heavy (non-hydrogen) atoms. The molecule has 0 bridgehead atoms. The number of nitrogens with zero attached hydrogens (tertiary/aromatic N) is 2. The Balaban J connectivity index is 2.23. The third kappa shape index (κ3) is 2.76. The first-order valence-corrected chi connectivity index (χ1v) is 7.20. The van der Waals surface area contributed by atoms with Gasteiger partial charge in [-0.3, -0.25) is 0 Å². The maximum atomic E-state index is 4.29. The van der Waals surface area contributed by atoms with Gasteiger partial charge in [-0.25, -0.2) is 0 Å². The van der Waals surface area contributed by atoms with Gasteiger partial charge < -0.3 is 5.32 Å². The average molecular weight is 261 g/mol. The maximum Gasteiger partial charge on any atom is 0.147 e. The van der Waals surface area contributed by atoms with Crippen molar-refractivity contribution in [3.05, 3.63) is 34.8 Å². The molecule has 1 unspecified atom stereocenters. The molecule has 0 aliphatic heterocycles. The Morgan fingerprint density at radius 1 is 1.17 bits per heavy atom. The van der Waals surface area contributed by atoms with Crippen LogP contribution in [0.4, 0.5) is 0 Å². The van der Waals surface area contributed by atoms with Gasteiger partial charge in [0, 0.05) is 5.56 Å². The standard InChI is InChI=1S/C14H19N3S/c1-4-10-6-8-11(9-7-10)13-16-17-14(18-13)12(5-2)15-3/h6-9,12,15H,4-5H2,1-3H3. The van der Waals surface area contributed by atoms with E-state index in [0.717, 1.165) is 28.4 Å². The fraction of sp³-hybridized carbons (Fsp3) is 0.429. The third-order valence-corrected chi connectivity index (χ3v) is 4.19. The highest BCUT2D eigenvalue weighted by atomic mass is 32.1. The number of hydrogen-bond acceptors (Lipinski definition) is 4. The number of rotatable bonds is 5. The molecular formula is C14H19N3S. The molecule has 3 nitrogen and oxygen atoms in total. The van der Waals surface area contributed by atoms with Gasteiger partial charge in [0.2, 0.25) is 0 Å². The first kappa shape index (κ1) is 13.2. The lowest BCUT2D eigenvalue weighted by molar-refractivity contribution is 0.568. The molecule has 0 aliphatic rings. The number of benzene rings is 1. The molecule has 4 heteroatoms. The summed E-state index contributed by atoms with van der Waals surface area (Å²) in [5, 5.41) is 13.9. The molecule has 0 saturated heterocycles. The molecule has 0 aliphatic carbocycles. The molecule has 96 valence electrons. The van der Waals surface area contributed by atoms with Gasteiger partial charge in [0.15, 0.2) is 0 Å². The van der Waals surface area contributed by atoms with Crippen LogP contribution in [0, 0.1) is 0 Å². The zero-order chi connectivity index (χ0) is 13.0. The van der Waals surface area contributed by atoms with E-state index in [1.165, 1.54) is 5.56 Å². The van der Waals surface area contributed by atoms with Crippen LogP contribution in [-0.2, 0) is 6.42 Å². The minimum Gasteiger partial charge on any atom is -0.311 e. The number of aryl methyl sites for hydroxylation is 1. The van der Waals surface area contributed by atoms with Crippen molar-refractivity contribution >= 4 is 11.3 Å². The first-order chi connectivity index (χ1) is 8.78. The number of nitrogens with one attached hydrogen (secondary N) is 1. The maximum absolute atomic E-state index is 4.29. The van der Waals surface area contributed by atoms with Gasteiger partial charge in [-0.2, -0.15) is 0 Å². The number of aromatic nitrogens is 2. The van der Waals surface area contributed by atoms with E-state index in [-0.39, 0.29) is 0 Å². The predicted octanol–water partition coefficient (Wildman–Crippen LogP) is 3.44. The summed E-state index contributed by atoms with van der Waals surface area (Å²) in [4.78, 5) is 0. The Labute approximate surface area is 112 Å². The summed E-state index contributed by atoms with van der Waals surface area (Å²) in [6, 6.07) is 8.89. The van der Waals surface area contributed by atoms with E-state index in [1.807, 2.05) is 7.05 Å². The lowest BCUT2D eigenvalue weighted by atomic mass is 10.1. The van der Waals surface area contributed by atoms with E-state index in [0.29, 0.717) is 6.04 Å². The lowest BCUT2D eigenvalue weighted by Crippen LogP contribution is -2.14. The second kappa shape index (κ2) is 6.07. The normalized spacial score (nSPS) is 12.6. The van der Waals surface area contributed by atoms with E-state index >= 15 is 0 Å². The van der Waals surface area contributed by atoms with E-state index in [1.54, 1.807) is 11.3 Å². The van der Waals surface area contributed by atoms with Crippen molar-refractivity contribution in [3.63, 3.8) is 0 Å². The predicted molar refractivity (Wildman–Crippen MR) is 76.8 cm³/mol. The van der Waals surface area contributed by atoms with Crippen LogP contribution in [0.2, 0.25) is 0 Å². The van der Waals surface area contributed by atoms with Gasteiger partial charge in [0.05, 0.1) is 6.04 Å². The van der Waals surface area contributed by atoms with Crippen LogP contribution >= 0.6 is 11.3 Å². The summed E-state index contributed by atoms with van der Waals surface area (Å²) in [5.41, 5.74) is 2.51. The molecule has 1 heterocycles. The van der Waals surface area contributed by atoms with Gasteiger partial charge >= 0.3 is 0 Å². The van der Waals surface area contributed by atoms with Crippen LogP contribution < -0.4 is 5.32 Å². The summed E-state index contributed by atoms with van der Waals surface area (Å²) in [7, 11) is 1.96. The third-order valence-electron chi connectivity index (χ3n) is 3.10. The van der Waals surface area contributed by atoms with Crippen molar-refractivity contribution < 1.29 is 0 Å². The Morgan fingerprint density at radius 3 is 2.44 bits per heavy atom. The highest BCUT2D eigenvalue weighted by molar-refractivity contribution is 7.14. The van der Waals surface area contributed by atoms with E-state index < -0.39 is 0 Å². The van der Waals surface area contributed by atoms with Crippen LogP contribution in [0.1, 0.15) is 36.9 Å². The molecule has 0 spiro atoms. The molecule has 1 aromatic carbocycles. The van der Waals surface area contributed by atoms with E-state index in [4.69, 9.17) is 0 Å². The average Bonchev–Trinajstić information content (AvgIpc) is 2.90. The summed E-state index contributed by atoms with van der Waals surface area (Å²) in [6.45, 7) is 4.31. The smallest absolute Gasteiger partial charge is 0.147 e. The highest BCUT2D eigenvalue weighted by Gasteiger charge is 2.13. The summed E-state index contributed by atoms with van der Waals surface area (Å²) >= 11 is 1.67. The van der Waals surface area contributed by atoms with Crippen LogP contribution in [-0.4, -0.2) is 17.2 Å². The fourth-order valence-corrected chi connectivity index (χ4v) is 2.92. The van der Waals surface area contributed by atoms with Crippen molar-refractivity contribution in [2.75, 3.05) is 7.05 Å². The van der Waals surface area contributed by atoms with Gasteiger partial charge in [-0.05, 0) is 25.5 Å². The molecule has 2 aromatic rings. The highest BCUT2D eigenvalue weighted by Crippen LogP contribution is 2.28. The van der Waals surface area contributed by atoms with Crippen molar-refractivity contribution in [1.82, 2.24) is 15.5 Å². The molecule has 0 amide bonds. The van der Waals surface area contributed by atoms with Gasteiger partial charge in [-0.1, -0.05) is 49.4 Å². The SMILES string of the molecule is CCc1ccc(-c2nnc(C(CC)NC)s2)cc1.